The van der Waals surface area contributed by atoms with Crippen LogP contribution in [-0.2, 0) is 0 Å². The van der Waals surface area contributed by atoms with Crippen molar-refractivity contribution < 1.29 is 0 Å². The monoisotopic (exact) mass is 170 g/mol. The molecule has 0 aromatic heterocycles. The summed E-state index contributed by atoms with van der Waals surface area (Å²) in [6.07, 6.45) is 0. The summed E-state index contributed by atoms with van der Waals surface area (Å²) in [5.41, 5.74) is 4.29. The standard InChI is InChI=1S/C11H8.C2H6/c1-7-5-8-3-2-4-9-10(6-7)11(8)9;1-2/h2-6H,1H3;1-2H3. The second-order valence-electron chi connectivity index (χ2n) is 3.22. The zero-order valence-corrected chi connectivity index (χ0v) is 8.39. The topological polar surface area (TPSA) is 0 Å². The summed E-state index contributed by atoms with van der Waals surface area (Å²) in [4.78, 5) is 0. The van der Waals surface area contributed by atoms with Gasteiger partial charge in [-0.15, -0.1) is 0 Å². The maximum absolute atomic E-state index is 2.26. The highest BCUT2D eigenvalue weighted by atomic mass is 14.2. The van der Waals surface area contributed by atoms with Crippen LogP contribution in [0.4, 0.5) is 0 Å². The molecule has 13 heavy (non-hydrogen) atoms. The first-order valence-corrected chi connectivity index (χ1v) is 4.90. The van der Waals surface area contributed by atoms with Crippen molar-refractivity contribution in [2.45, 2.75) is 20.8 Å². The molecule has 0 heterocycles. The zero-order valence-electron chi connectivity index (χ0n) is 8.39. The highest BCUT2D eigenvalue weighted by Crippen LogP contribution is 2.47. The largest absolute Gasteiger partial charge is 0.0683 e. The summed E-state index contributed by atoms with van der Waals surface area (Å²) in [6.45, 7) is 6.15. The van der Waals surface area contributed by atoms with E-state index in [1.54, 1.807) is 0 Å². The lowest BCUT2D eigenvalue weighted by Gasteiger charge is -1.87. The molecule has 0 bridgehead atoms. The van der Waals surface area contributed by atoms with E-state index in [0.29, 0.717) is 0 Å². The van der Waals surface area contributed by atoms with Gasteiger partial charge in [-0.05, 0) is 34.4 Å². The van der Waals surface area contributed by atoms with Gasteiger partial charge in [0.1, 0.15) is 0 Å². The number of aryl methyl sites for hydroxylation is 1. The molecule has 0 saturated heterocycles. The van der Waals surface area contributed by atoms with E-state index in [1.165, 1.54) is 27.5 Å². The Balaban J connectivity index is 0.000000308. The molecule has 0 nitrogen and oxygen atoms in total. The molecule has 0 spiro atoms. The summed E-state index contributed by atoms with van der Waals surface area (Å²) in [5.74, 6) is 0. The number of hydrogen-bond donors (Lipinski definition) is 0. The van der Waals surface area contributed by atoms with Crippen LogP contribution in [0.2, 0.25) is 0 Å². The summed E-state index contributed by atoms with van der Waals surface area (Å²) in [5, 5.41) is 2.88. The van der Waals surface area contributed by atoms with Gasteiger partial charge in [-0.1, -0.05) is 44.2 Å². The Morgan fingerprint density at radius 3 is 2.46 bits per heavy atom. The maximum Gasteiger partial charge on any atom is -0.00262 e. The van der Waals surface area contributed by atoms with Crippen LogP contribution in [0.1, 0.15) is 19.4 Å². The normalized spacial score (nSPS) is 10.7. The van der Waals surface area contributed by atoms with Crippen LogP contribution in [0.25, 0.3) is 21.9 Å². The van der Waals surface area contributed by atoms with Gasteiger partial charge in [0, 0.05) is 0 Å². The lowest BCUT2D eigenvalue weighted by molar-refractivity contribution is 1.50. The molecule has 0 fully saturated rings. The molecule has 66 valence electrons. The first-order chi connectivity index (χ1) is 6.36. The fourth-order valence-corrected chi connectivity index (χ4v) is 1.82. The van der Waals surface area contributed by atoms with E-state index in [9.17, 15) is 0 Å². The lowest BCUT2D eigenvalue weighted by atomic mass is 10.2. The van der Waals surface area contributed by atoms with Gasteiger partial charge in [-0.3, -0.25) is 0 Å². The van der Waals surface area contributed by atoms with Crippen molar-refractivity contribution in [1.82, 2.24) is 0 Å². The molecule has 2 aromatic carbocycles. The predicted octanol–water partition coefficient (Wildman–Crippen LogP) is 4.15. The summed E-state index contributed by atoms with van der Waals surface area (Å²) in [7, 11) is 0. The zero-order chi connectivity index (χ0) is 9.42. The highest BCUT2D eigenvalue weighted by molar-refractivity contribution is 6.20. The molecular formula is C13H14. The van der Waals surface area contributed by atoms with Crippen molar-refractivity contribution >= 4 is 10.8 Å². The molecule has 2 aromatic rings. The van der Waals surface area contributed by atoms with Gasteiger partial charge in [0.15, 0.2) is 0 Å². The average Bonchev–Trinajstić information content (AvgIpc) is 2.84. The SMILES string of the molecule is CC.Cc1cc2c3c-2cccc3c1. The van der Waals surface area contributed by atoms with Gasteiger partial charge in [0.05, 0.1) is 0 Å². The van der Waals surface area contributed by atoms with Crippen LogP contribution in [0, 0.1) is 6.92 Å². The molecule has 0 saturated carbocycles. The van der Waals surface area contributed by atoms with Crippen molar-refractivity contribution in [3.05, 3.63) is 35.9 Å². The van der Waals surface area contributed by atoms with Crippen molar-refractivity contribution in [2.75, 3.05) is 0 Å². The summed E-state index contributed by atoms with van der Waals surface area (Å²) in [6, 6.07) is 11.0. The fraction of sp³-hybridized carbons (Fsp3) is 0.231. The predicted molar refractivity (Wildman–Crippen MR) is 59.0 cm³/mol. The Hall–Kier alpha value is -1.30. The third-order valence-electron chi connectivity index (χ3n) is 2.35. The Morgan fingerprint density at radius 2 is 1.69 bits per heavy atom. The van der Waals surface area contributed by atoms with Gasteiger partial charge < -0.3 is 0 Å². The van der Waals surface area contributed by atoms with Gasteiger partial charge in [0.25, 0.3) is 0 Å². The van der Waals surface area contributed by atoms with Gasteiger partial charge in [-0.2, -0.15) is 0 Å². The highest BCUT2D eigenvalue weighted by Gasteiger charge is 2.19. The molecule has 0 atom stereocenters. The number of rotatable bonds is 0. The molecule has 1 aliphatic carbocycles. The number of benzene rings is 2. The molecule has 0 amide bonds. The smallest absolute Gasteiger partial charge is 0.00262 e. The quantitative estimate of drug-likeness (QED) is 0.475. The van der Waals surface area contributed by atoms with Gasteiger partial charge in [0.2, 0.25) is 0 Å². The minimum Gasteiger partial charge on any atom is -0.0683 e. The summed E-state index contributed by atoms with van der Waals surface area (Å²) >= 11 is 0. The summed E-state index contributed by atoms with van der Waals surface area (Å²) < 4.78 is 0. The van der Waals surface area contributed by atoms with Crippen LogP contribution < -0.4 is 0 Å². The maximum atomic E-state index is 2.26. The molecule has 0 radical (unpaired) electrons. The van der Waals surface area contributed by atoms with E-state index in [1.807, 2.05) is 13.8 Å². The van der Waals surface area contributed by atoms with Crippen molar-refractivity contribution in [1.29, 1.82) is 0 Å². The van der Waals surface area contributed by atoms with E-state index in [0.717, 1.165) is 0 Å². The second-order valence-corrected chi connectivity index (χ2v) is 3.22. The molecule has 3 rings (SSSR count). The minimum atomic E-state index is 1.37. The average molecular weight is 170 g/mol. The van der Waals surface area contributed by atoms with E-state index in [2.05, 4.69) is 37.3 Å². The van der Waals surface area contributed by atoms with Gasteiger partial charge >= 0.3 is 0 Å². The van der Waals surface area contributed by atoms with Crippen molar-refractivity contribution in [3.8, 4) is 11.1 Å². The third-order valence-corrected chi connectivity index (χ3v) is 2.35. The molecule has 0 unspecified atom stereocenters. The minimum absolute atomic E-state index is 1.37. The molecule has 0 heteroatoms. The number of hydrogen-bond acceptors (Lipinski definition) is 0. The van der Waals surface area contributed by atoms with Crippen molar-refractivity contribution in [2.24, 2.45) is 0 Å². The molecule has 0 N–H and O–H groups in total. The van der Waals surface area contributed by atoms with Crippen LogP contribution in [0.3, 0.4) is 0 Å². The van der Waals surface area contributed by atoms with Crippen LogP contribution >= 0.6 is 0 Å². The second kappa shape index (κ2) is 2.88. The van der Waals surface area contributed by atoms with Crippen LogP contribution in [-0.4, -0.2) is 0 Å². The fourth-order valence-electron chi connectivity index (χ4n) is 1.82. The first kappa shape index (κ1) is 8.31. The number of fused-ring (bicyclic) bond motifs is 1. The van der Waals surface area contributed by atoms with E-state index in [4.69, 9.17) is 0 Å². The van der Waals surface area contributed by atoms with E-state index >= 15 is 0 Å². The molecular weight excluding hydrogens is 156 g/mol. The van der Waals surface area contributed by atoms with E-state index in [-0.39, 0.29) is 0 Å². The third kappa shape index (κ3) is 1.14. The Kier molecular flexibility index (Phi) is 1.84. The van der Waals surface area contributed by atoms with Crippen LogP contribution in [0.5, 0.6) is 0 Å². The van der Waals surface area contributed by atoms with Gasteiger partial charge in [-0.25, -0.2) is 0 Å². The Morgan fingerprint density at radius 1 is 0.923 bits per heavy atom. The molecule has 0 aliphatic heterocycles. The van der Waals surface area contributed by atoms with Crippen LogP contribution in [0.15, 0.2) is 30.3 Å². The molecule has 1 aliphatic rings. The lowest BCUT2D eigenvalue weighted by Crippen LogP contribution is -1.65. The Bertz CT molecular complexity index is 453. The van der Waals surface area contributed by atoms with Crippen molar-refractivity contribution in [3.63, 3.8) is 0 Å². The Labute approximate surface area is 79.2 Å². The van der Waals surface area contributed by atoms with E-state index < -0.39 is 0 Å². The first-order valence-electron chi connectivity index (χ1n) is 4.90.